The number of anilines is 1. The van der Waals surface area contributed by atoms with E-state index in [1.807, 2.05) is 0 Å². The van der Waals surface area contributed by atoms with Gasteiger partial charge in [-0.3, -0.25) is 0 Å². The molecule has 0 saturated carbocycles. The molecule has 0 atom stereocenters. The first-order chi connectivity index (χ1) is 7.63. The Bertz CT molecular complexity index is 407. The SMILES string of the molecule is Nc1ccc(Cl)cc1OCC(F)(F)C(F)(F)F. The summed E-state index contributed by atoms with van der Waals surface area (Å²) in [4.78, 5) is 0. The number of benzene rings is 1. The average Bonchev–Trinajstić information content (AvgIpc) is 2.18. The maximum atomic E-state index is 12.5. The van der Waals surface area contributed by atoms with Crippen LogP contribution in [0.3, 0.4) is 0 Å². The number of nitrogens with two attached hydrogens (primary N) is 1. The van der Waals surface area contributed by atoms with Crippen molar-refractivity contribution in [3.8, 4) is 5.75 Å². The second kappa shape index (κ2) is 4.56. The molecule has 1 aromatic carbocycles. The predicted octanol–water partition coefficient (Wildman–Crippen LogP) is 3.50. The van der Waals surface area contributed by atoms with Crippen LogP contribution >= 0.6 is 11.6 Å². The summed E-state index contributed by atoms with van der Waals surface area (Å²) in [5.41, 5.74) is 5.24. The minimum atomic E-state index is -5.67. The Kier molecular flexibility index (Phi) is 3.71. The molecule has 0 radical (unpaired) electrons. The Labute approximate surface area is 98.1 Å². The van der Waals surface area contributed by atoms with Gasteiger partial charge in [-0.25, -0.2) is 0 Å². The molecule has 0 aliphatic heterocycles. The third-order valence-corrected chi connectivity index (χ3v) is 2.03. The summed E-state index contributed by atoms with van der Waals surface area (Å²) in [5, 5.41) is 0.115. The fraction of sp³-hybridized carbons (Fsp3) is 0.333. The number of rotatable bonds is 3. The van der Waals surface area contributed by atoms with Crippen molar-refractivity contribution in [3.63, 3.8) is 0 Å². The topological polar surface area (TPSA) is 35.2 Å². The summed E-state index contributed by atoms with van der Waals surface area (Å²) in [5.74, 6) is -5.26. The normalized spacial score (nSPS) is 12.6. The van der Waals surface area contributed by atoms with Gasteiger partial charge in [0.05, 0.1) is 5.69 Å². The molecule has 17 heavy (non-hydrogen) atoms. The summed E-state index contributed by atoms with van der Waals surface area (Å²) in [6.07, 6.45) is -5.67. The van der Waals surface area contributed by atoms with Gasteiger partial charge >= 0.3 is 12.1 Å². The van der Waals surface area contributed by atoms with Gasteiger partial charge in [-0.1, -0.05) is 11.6 Å². The fourth-order valence-electron chi connectivity index (χ4n) is 0.883. The Balaban J connectivity index is 2.77. The molecule has 0 fully saturated rings. The molecule has 0 heterocycles. The van der Waals surface area contributed by atoms with E-state index in [4.69, 9.17) is 17.3 Å². The van der Waals surface area contributed by atoms with Gasteiger partial charge in [0.1, 0.15) is 5.75 Å². The maximum Gasteiger partial charge on any atom is 0.456 e. The van der Waals surface area contributed by atoms with Crippen LogP contribution in [0.25, 0.3) is 0 Å². The molecule has 0 spiro atoms. The highest BCUT2D eigenvalue weighted by Crippen LogP contribution is 2.36. The van der Waals surface area contributed by atoms with E-state index >= 15 is 0 Å². The molecule has 96 valence electrons. The van der Waals surface area contributed by atoms with Crippen LogP contribution in [-0.2, 0) is 0 Å². The van der Waals surface area contributed by atoms with Gasteiger partial charge in [-0.15, -0.1) is 0 Å². The van der Waals surface area contributed by atoms with Crippen molar-refractivity contribution in [1.29, 1.82) is 0 Å². The van der Waals surface area contributed by atoms with Gasteiger partial charge in [0.25, 0.3) is 0 Å². The molecule has 0 saturated heterocycles. The highest BCUT2D eigenvalue weighted by atomic mass is 35.5. The molecule has 0 aromatic heterocycles. The molecular weight excluding hydrogens is 269 g/mol. The lowest BCUT2D eigenvalue weighted by Gasteiger charge is -2.20. The quantitative estimate of drug-likeness (QED) is 0.677. The van der Waals surface area contributed by atoms with E-state index in [0.29, 0.717) is 0 Å². The highest BCUT2D eigenvalue weighted by molar-refractivity contribution is 6.30. The van der Waals surface area contributed by atoms with Gasteiger partial charge in [0.2, 0.25) is 0 Å². The summed E-state index contributed by atoms with van der Waals surface area (Å²) in [6, 6.07) is 3.65. The van der Waals surface area contributed by atoms with Gasteiger partial charge < -0.3 is 10.5 Å². The third kappa shape index (κ3) is 3.36. The second-order valence-electron chi connectivity index (χ2n) is 3.17. The molecule has 8 heteroatoms. The monoisotopic (exact) mass is 275 g/mol. The van der Waals surface area contributed by atoms with E-state index in [9.17, 15) is 22.0 Å². The summed E-state index contributed by atoms with van der Waals surface area (Å²) in [7, 11) is 0. The van der Waals surface area contributed by atoms with Crippen LogP contribution in [0, 0.1) is 0 Å². The fourth-order valence-corrected chi connectivity index (χ4v) is 1.05. The van der Waals surface area contributed by atoms with Crippen molar-refractivity contribution in [2.45, 2.75) is 12.1 Å². The predicted molar refractivity (Wildman–Crippen MR) is 52.4 cm³/mol. The van der Waals surface area contributed by atoms with E-state index in [0.717, 1.165) is 6.07 Å². The Morgan fingerprint density at radius 1 is 1.18 bits per heavy atom. The van der Waals surface area contributed by atoms with E-state index < -0.39 is 18.7 Å². The van der Waals surface area contributed by atoms with E-state index in [-0.39, 0.29) is 16.5 Å². The Morgan fingerprint density at radius 3 is 2.29 bits per heavy atom. The van der Waals surface area contributed by atoms with Crippen LogP contribution in [0.5, 0.6) is 5.75 Å². The van der Waals surface area contributed by atoms with E-state index in [2.05, 4.69) is 4.74 Å². The van der Waals surface area contributed by atoms with Gasteiger partial charge in [0.15, 0.2) is 6.61 Å². The van der Waals surface area contributed by atoms with E-state index in [1.54, 1.807) is 0 Å². The van der Waals surface area contributed by atoms with Crippen molar-refractivity contribution in [3.05, 3.63) is 23.2 Å². The lowest BCUT2D eigenvalue weighted by molar-refractivity contribution is -0.289. The number of halogens is 6. The van der Waals surface area contributed by atoms with Crippen LogP contribution < -0.4 is 10.5 Å². The lowest BCUT2D eigenvalue weighted by Crippen LogP contribution is -2.41. The summed E-state index contributed by atoms with van der Waals surface area (Å²) < 4.78 is 64.9. The zero-order chi connectivity index (χ0) is 13.3. The Hall–Kier alpha value is -1.24. The minimum absolute atomic E-state index is 0.0765. The van der Waals surface area contributed by atoms with Crippen molar-refractivity contribution in [2.24, 2.45) is 0 Å². The maximum absolute atomic E-state index is 12.5. The van der Waals surface area contributed by atoms with Crippen molar-refractivity contribution in [2.75, 3.05) is 12.3 Å². The van der Waals surface area contributed by atoms with Crippen molar-refractivity contribution >= 4 is 17.3 Å². The number of nitrogen functional groups attached to an aromatic ring is 1. The van der Waals surface area contributed by atoms with Crippen LogP contribution in [-0.4, -0.2) is 18.7 Å². The first kappa shape index (κ1) is 13.8. The van der Waals surface area contributed by atoms with Crippen LogP contribution in [0.15, 0.2) is 18.2 Å². The smallest absolute Gasteiger partial charge is 0.456 e. The molecular formula is C9H7ClF5NO. The summed E-state index contributed by atoms with van der Waals surface area (Å²) >= 11 is 5.51. The molecule has 0 unspecified atom stereocenters. The molecule has 0 bridgehead atoms. The standard InChI is InChI=1S/C9H7ClF5NO/c10-5-1-2-6(16)7(3-5)17-4-8(11,12)9(13,14)15/h1-3H,4,16H2. The largest absolute Gasteiger partial charge is 0.485 e. The number of hydrogen-bond acceptors (Lipinski definition) is 2. The van der Waals surface area contributed by atoms with Gasteiger partial charge in [-0.2, -0.15) is 22.0 Å². The molecule has 0 aliphatic rings. The van der Waals surface area contributed by atoms with Gasteiger partial charge in [-0.05, 0) is 12.1 Å². The van der Waals surface area contributed by atoms with Crippen LogP contribution in [0.1, 0.15) is 0 Å². The highest BCUT2D eigenvalue weighted by Gasteiger charge is 2.58. The van der Waals surface area contributed by atoms with Crippen molar-refractivity contribution < 1.29 is 26.7 Å². The molecule has 1 rings (SSSR count). The Morgan fingerprint density at radius 2 is 1.76 bits per heavy atom. The molecule has 2 nitrogen and oxygen atoms in total. The number of alkyl halides is 5. The van der Waals surface area contributed by atoms with Crippen LogP contribution in [0.4, 0.5) is 27.6 Å². The molecule has 0 amide bonds. The minimum Gasteiger partial charge on any atom is -0.485 e. The van der Waals surface area contributed by atoms with Gasteiger partial charge in [0, 0.05) is 11.1 Å². The zero-order valence-electron chi connectivity index (χ0n) is 8.19. The lowest BCUT2D eigenvalue weighted by atomic mass is 10.3. The molecule has 1 aromatic rings. The number of ether oxygens (including phenoxy) is 1. The number of hydrogen-bond donors (Lipinski definition) is 1. The van der Waals surface area contributed by atoms with Crippen LogP contribution in [0.2, 0.25) is 5.02 Å². The second-order valence-corrected chi connectivity index (χ2v) is 3.61. The molecule has 0 aliphatic carbocycles. The molecule has 2 N–H and O–H groups in total. The summed E-state index contributed by atoms with van der Waals surface area (Å²) in [6.45, 7) is -1.85. The first-order valence-corrected chi connectivity index (χ1v) is 4.63. The average molecular weight is 276 g/mol. The first-order valence-electron chi connectivity index (χ1n) is 4.26. The third-order valence-electron chi connectivity index (χ3n) is 1.80. The van der Waals surface area contributed by atoms with E-state index in [1.165, 1.54) is 12.1 Å². The van der Waals surface area contributed by atoms with Crippen molar-refractivity contribution in [1.82, 2.24) is 0 Å². The zero-order valence-corrected chi connectivity index (χ0v) is 8.95.